The van der Waals surface area contributed by atoms with Crippen molar-refractivity contribution in [3.05, 3.63) is 29.8 Å². The summed E-state index contributed by atoms with van der Waals surface area (Å²) in [5.41, 5.74) is 7.85. The number of primary amides is 1. The van der Waals surface area contributed by atoms with Gasteiger partial charge in [-0.1, -0.05) is 31.9 Å². The van der Waals surface area contributed by atoms with Gasteiger partial charge in [0, 0.05) is 12.2 Å². The van der Waals surface area contributed by atoms with Gasteiger partial charge in [0.05, 0.1) is 11.5 Å². The summed E-state index contributed by atoms with van der Waals surface area (Å²) in [7, 11) is 0. The molecule has 4 rings (SSSR count). The van der Waals surface area contributed by atoms with Gasteiger partial charge < -0.3 is 10.6 Å². The number of nitrogens with two attached hydrogens (primary N) is 1. The van der Waals surface area contributed by atoms with Crippen LogP contribution in [0.15, 0.2) is 24.3 Å². The molecule has 28 heavy (non-hydrogen) atoms. The van der Waals surface area contributed by atoms with Crippen molar-refractivity contribution in [2.75, 3.05) is 24.5 Å². The number of hydrogen-bond acceptors (Lipinski definition) is 3. The van der Waals surface area contributed by atoms with Crippen LogP contribution in [0.25, 0.3) is 0 Å². The molecule has 2 N–H and O–H groups in total. The Morgan fingerprint density at radius 1 is 1.14 bits per heavy atom. The Labute approximate surface area is 168 Å². The van der Waals surface area contributed by atoms with Crippen LogP contribution < -0.4 is 10.6 Å². The highest BCUT2D eigenvalue weighted by Crippen LogP contribution is 2.44. The van der Waals surface area contributed by atoms with Gasteiger partial charge in [-0.05, 0) is 75.2 Å². The van der Waals surface area contributed by atoms with Crippen LogP contribution in [0.1, 0.15) is 69.8 Å². The van der Waals surface area contributed by atoms with E-state index in [0.717, 1.165) is 69.8 Å². The van der Waals surface area contributed by atoms with Crippen LogP contribution in [-0.4, -0.2) is 42.4 Å². The maximum Gasteiger partial charge on any atom is 0.234 e. The first-order chi connectivity index (χ1) is 13.5. The van der Waals surface area contributed by atoms with Crippen LogP contribution in [0, 0.1) is 5.41 Å². The minimum atomic E-state index is -0.251. The standard InChI is InChI=1S/C23H33N3O2/c1-2-3-4-20(21(24)27)25-14-11-23(12-15-25)13-16-26(22(23)28)19-9-7-18(8-10-19)17-5-6-17/h7-10,17,20H,2-6,11-16H2,1H3,(H2,24,27). The lowest BCUT2D eigenvalue weighted by atomic mass is 9.76. The Morgan fingerprint density at radius 2 is 1.79 bits per heavy atom. The van der Waals surface area contributed by atoms with Crippen molar-refractivity contribution >= 4 is 17.5 Å². The second-order valence-electron chi connectivity index (χ2n) is 8.95. The van der Waals surface area contributed by atoms with Gasteiger partial charge in [0.25, 0.3) is 0 Å². The summed E-state index contributed by atoms with van der Waals surface area (Å²) in [5.74, 6) is 0.792. The van der Waals surface area contributed by atoms with Crippen molar-refractivity contribution in [1.29, 1.82) is 0 Å². The molecule has 1 atom stereocenters. The predicted molar refractivity (Wildman–Crippen MR) is 111 cm³/mol. The Hall–Kier alpha value is -1.88. The van der Waals surface area contributed by atoms with Crippen LogP contribution in [0.3, 0.4) is 0 Å². The Bertz CT molecular complexity index is 718. The van der Waals surface area contributed by atoms with Gasteiger partial charge in [-0.2, -0.15) is 0 Å². The molecule has 1 spiro atoms. The van der Waals surface area contributed by atoms with E-state index < -0.39 is 0 Å². The number of likely N-dealkylation sites (tertiary alicyclic amines) is 1. The SMILES string of the molecule is CCCCC(C(N)=O)N1CCC2(CCN(c3ccc(C4CC4)cc3)C2=O)CC1. The topological polar surface area (TPSA) is 66.6 Å². The molecule has 1 aromatic carbocycles. The summed E-state index contributed by atoms with van der Waals surface area (Å²) in [4.78, 5) is 29.4. The smallest absolute Gasteiger partial charge is 0.234 e. The molecule has 0 radical (unpaired) electrons. The first-order valence-corrected chi connectivity index (χ1v) is 11.0. The maximum absolute atomic E-state index is 13.3. The predicted octanol–water partition coefficient (Wildman–Crippen LogP) is 3.43. The minimum Gasteiger partial charge on any atom is -0.368 e. The molecule has 5 nitrogen and oxygen atoms in total. The zero-order chi connectivity index (χ0) is 19.7. The number of benzene rings is 1. The third-order valence-corrected chi connectivity index (χ3v) is 7.12. The zero-order valence-electron chi connectivity index (χ0n) is 17.0. The van der Waals surface area contributed by atoms with Crippen molar-refractivity contribution < 1.29 is 9.59 Å². The van der Waals surface area contributed by atoms with Gasteiger partial charge in [-0.25, -0.2) is 0 Å². The number of piperidine rings is 1. The lowest BCUT2D eigenvalue weighted by molar-refractivity contribution is -0.130. The monoisotopic (exact) mass is 383 g/mol. The average molecular weight is 384 g/mol. The minimum absolute atomic E-state index is 0.181. The Morgan fingerprint density at radius 3 is 2.36 bits per heavy atom. The van der Waals surface area contributed by atoms with E-state index in [1.807, 2.05) is 4.90 Å². The van der Waals surface area contributed by atoms with Crippen molar-refractivity contribution in [3.63, 3.8) is 0 Å². The van der Waals surface area contributed by atoms with Gasteiger partial charge in [0.15, 0.2) is 0 Å². The molecule has 2 aliphatic heterocycles. The van der Waals surface area contributed by atoms with Crippen LogP contribution in [0.5, 0.6) is 0 Å². The molecule has 5 heteroatoms. The summed E-state index contributed by atoms with van der Waals surface area (Å²) < 4.78 is 0. The van der Waals surface area contributed by atoms with Gasteiger partial charge in [0.1, 0.15) is 0 Å². The molecule has 2 heterocycles. The third-order valence-electron chi connectivity index (χ3n) is 7.12. The molecular weight excluding hydrogens is 350 g/mol. The van der Waals surface area contributed by atoms with Gasteiger partial charge in [0.2, 0.25) is 11.8 Å². The molecule has 1 unspecified atom stereocenters. The number of unbranched alkanes of at least 4 members (excludes halogenated alkanes) is 1. The van der Waals surface area contributed by atoms with Crippen molar-refractivity contribution in [2.24, 2.45) is 11.1 Å². The molecular formula is C23H33N3O2. The van der Waals surface area contributed by atoms with Crippen LogP contribution in [0.2, 0.25) is 0 Å². The fourth-order valence-corrected chi connectivity index (χ4v) is 5.04. The van der Waals surface area contributed by atoms with Gasteiger partial charge in [-0.3, -0.25) is 14.5 Å². The highest BCUT2D eigenvalue weighted by molar-refractivity contribution is 6.00. The summed E-state index contributed by atoms with van der Waals surface area (Å²) in [6.45, 7) is 4.51. The molecule has 2 saturated heterocycles. The highest BCUT2D eigenvalue weighted by Gasteiger charge is 2.49. The molecule has 1 aliphatic carbocycles. The van der Waals surface area contributed by atoms with E-state index in [0.29, 0.717) is 0 Å². The van der Waals surface area contributed by atoms with E-state index in [2.05, 4.69) is 36.1 Å². The lowest BCUT2D eigenvalue weighted by Gasteiger charge is -2.40. The molecule has 152 valence electrons. The second kappa shape index (κ2) is 7.86. The fraction of sp³-hybridized carbons (Fsp3) is 0.652. The number of carbonyl (C=O) groups excluding carboxylic acids is 2. The number of carbonyl (C=O) groups is 2. The largest absolute Gasteiger partial charge is 0.368 e. The molecule has 3 aliphatic rings. The first-order valence-electron chi connectivity index (χ1n) is 11.0. The zero-order valence-corrected chi connectivity index (χ0v) is 17.0. The van der Waals surface area contributed by atoms with Crippen LogP contribution >= 0.6 is 0 Å². The van der Waals surface area contributed by atoms with E-state index in [1.165, 1.54) is 18.4 Å². The number of amides is 2. The highest BCUT2D eigenvalue weighted by atomic mass is 16.2. The lowest BCUT2D eigenvalue weighted by Crippen LogP contribution is -2.52. The first kappa shape index (κ1) is 19.4. The van der Waals surface area contributed by atoms with E-state index in [4.69, 9.17) is 5.73 Å². The molecule has 1 saturated carbocycles. The maximum atomic E-state index is 13.3. The molecule has 2 amide bonds. The molecule has 0 bridgehead atoms. The molecule has 0 aromatic heterocycles. The second-order valence-corrected chi connectivity index (χ2v) is 8.95. The fourth-order valence-electron chi connectivity index (χ4n) is 5.04. The Kier molecular flexibility index (Phi) is 5.46. The normalized spacial score (nSPS) is 23.3. The summed E-state index contributed by atoms with van der Waals surface area (Å²) in [6, 6.07) is 8.44. The quantitative estimate of drug-likeness (QED) is 0.784. The van der Waals surface area contributed by atoms with E-state index in [1.54, 1.807) is 0 Å². The summed E-state index contributed by atoms with van der Waals surface area (Å²) in [6.07, 6.45) is 8.08. The van der Waals surface area contributed by atoms with Gasteiger partial charge >= 0.3 is 0 Å². The van der Waals surface area contributed by atoms with Crippen LogP contribution in [0.4, 0.5) is 5.69 Å². The summed E-state index contributed by atoms with van der Waals surface area (Å²) in [5, 5.41) is 0. The number of nitrogens with zero attached hydrogens (tertiary/aromatic N) is 2. The molecule has 1 aromatic rings. The Balaban J connectivity index is 1.40. The number of rotatable bonds is 7. The third kappa shape index (κ3) is 3.69. The number of hydrogen-bond donors (Lipinski definition) is 1. The summed E-state index contributed by atoms with van der Waals surface area (Å²) >= 11 is 0. The van der Waals surface area contributed by atoms with Crippen molar-refractivity contribution in [1.82, 2.24) is 4.90 Å². The van der Waals surface area contributed by atoms with E-state index >= 15 is 0 Å². The van der Waals surface area contributed by atoms with E-state index in [9.17, 15) is 9.59 Å². The molecule has 3 fully saturated rings. The van der Waals surface area contributed by atoms with E-state index in [-0.39, 0.29) is 23.3 Å². The van der Waals surface area contributed by atoms with Crippen molar-refractivity contribution in [3.8, 4) is 0 Å². The van der Waals surface area contributed by atoms with Gasteiger partial charge in [-0.15, -0.1) is 0 Å². The van der Waals surface area contributed by atoms with Crippen molar-refractivity contribution in [2.45, 2.75) is 70.3 Å². The van der Waals surface area contributed by atoms with Crippen LogP contribution in [-0.2, 0) is 9.59 Å². The average Bonchev–Trinajstić information content (AvgIpc) is 3.50. The number of anilines is 1.